The lowest BCUT2D eigenvalue weighted by atomic mass is 9.96. The van der Waals surface area contributed by atoms with Gasteiger partial charge in [0.15, 0.2) is 0 Å². The summed E-state index contributed by atoms with van der Waals surface area (Å²) in [6, 6.07) is 11.9. The number of benzene rings is 1. The number of rotatable bonds is 7. The number of anilines is 1. The molecule has 1 unspecified atom stereocenters. The van der Waals surface area contributed by atoms with E-state index in [-0.39, 0.29) is 11.8 Å². The molecule has 6 nitrogen and oxygen atoms in total. The van der Waals surface area contributed by atoms with E-state index >= 15 is 0 Å². The van der Waals surface area contributed by atoms with Crippen LogP contribution in [0.2, 0.25) is 0 Å². The van der Waals surface area contributed by atoms with Gasteiger partial charge in [-0.2, -0.15) is 0 Å². The Kier molecular flexibility index (Phi) is 6.55. The minimum Gasteiger partial charge on any atom is -0.383 e. The highest BCUT2D eigenvalue weighted by Crippen LogP contribution is 2.22. The van der Waals surface area contributed by atoms with Crippen LogP contribution in [0.5, 0.6) is 0 Å². The SMILES string of the molecule is COCCN(Cc1ccccc1)C(=O)C1CCCN(c2ncccn2)C1. The molecule has 2 heterocycles. The maximum atomic E-state index is 13.2. The first-order valence-electron chi connectivity index (χ1n) is 9.11. The molecule has 1 aliphatic rings. The first kappa shape index (κ1) is 18.3. The molecular formula is C20H26N4O2. The molecule has 0 bridgehead atoms. The van der Waals surface area contributed by atoms with Gasteiger partial charge in [-0.1, -0.05) is 30.3 Å². The Hall–Kier alpha value is -2.47. The van der Waals surface area contributed by atoms with E-state index in [4.69, 9.17) is 4.74 Å². The third-order valence-electron chi connectivity index (χ3n) is 4.70. The molecule has 0 radical (unpaired) electrons. The second kappa shape index (κ2) is 9.29. The molecule has 1 aromatic heterocycles. The second-order valence-corrected chi connectivity index (χ2v) is 6.57. The van der Waals surface area contributed by atoms with Crippen molar-refractivity contribution in [3.05, 3.63) is 54.4 Å². The van der Waals surface area contributed by atoms with Gasteiger partial charge >= 0.3 is 0 Å². The fourth-order valence-corrected chi connectivity index (χ4v) is 3.35. The van der Waals surface area contributed by atoms with Gasteiger partial charge in [-0.05, 0) is 24.5 Å². The maximum absolute atomic E-state index is 13.2. The van der Waals surface area contributed by atoms with E-state index in [1.807, 2.05) is 29.2 Å². The van der Waals surface area contributed by atoms with Gasteiger partial charge in [0.25, 0.3) is 0 Å². The number of hydrogen-bond acceptors (Lipinski definition) is 5. The van der Waals surface area contributed by atoms with Crippen molar-refractivity contribution in [3.63, 3.8) is 0 Å². The number of carbonyl (C=O) groups excluding carboxylic acids is 1. The first-order chi connectivity index (χ1) is 12.8. The van der Waals surface area contributed by atoms with Crippen molar-refractivity contribution in [1.82, 2.24) is 14.9 Å². The quantitative estimate of drug-likeness (QED) is 0.764. The van der Waals surface area contributed by atoms with Crippen molar-refractivity contribution in [2.75, 3.05) is 38.3 Å². The summed E-state index contributed by atoms with van der Waals surface area (Å²) in [5.74, 6) is 0.858. The van der Waals surface area contributed by atoms with Crippen LogP contribution < -0.4 is 4.90 Å². The number of methoxy groups -OCH3 is 1. The summed E-state index contributed by atoms with van der Waals surface area (Å²) in [6.07, 6.45) is 5.36. The highest BCUT2D eigenvalue weighted by atomic mass is 16.5. The Morgan fingerprint density at radius 1 is 1.23 bits per heavy atom. The molecule has 1 aromatic carbocycles. The third-order valence-corrected chi connectivity index (χ3v) is 4.70. The van der Waals surface area contributed by atoms with Crippen molar-refractivity contribution < 1.29 is 9.53 Å². The van der Waals surface area contributed by atoms with Crippen molar-refractivity contribution >= 4 is 11.9 Å². The molecule has 138 valence electrons. The molecule has 0 spiro atoms. The van der Waals surface area contributed by atoms with Crippen LogP contribution in [0, 0.1) is 5.92 Å². The van der Waals surface area contributed by atoms with E-state index in [0.717, 1.165) is 24.9 Å². The number of ether oxygens (including phenoxy) is 1. The molecule has 3 rings (SSSR count). The number of piperidine rings is 1. The predicted molar refractivity (Wildman–Crippen MR) is 101 cm³/mol. The fraction of sp³-hybridized carbons (Fsp3) is 0.450. The topological polar surface area (TPSA) is 58.6 Å². The highest BCUT2D eigenvalue weighted by molar-refractivity contribution is 5.79. The van der Waals surface area contributed by atoms with Crippen molar-refractivity contribution in [1.29, 1.82) is 0 Å². The van der Waals surface area contributed by atoms with Gasteiger partial charge in [0.1, 0.15) is 0 Å². The summed E-state index contributed by atoms with van der Waals surface area (Å²) in [7, 11) is 1.67. The van der Waals surface area contributed by atoms with E-state index in [0.29, 0.717) is 32.2 Å². The lowest BCUT2D eigenvalue weighted by Crippen LogP contribution is -2.46. The van der Waals surface area contributed by atoms with Crippen molar-refractivity contribution in [3.8, 4) is 0 Å². The molecule has 1 aliphatic heterocycles. The number of aromatic nitrogens is 2. The summed E-state index contributed by atoms with van der Waals surface area (Å²) >= 11 is 0. The molecular weight excluding hydrogens is 328 g/mol. The minimum atomic E-state index is -0.0341. The summed E-state index contributed by atoms with van der Waals surface area (Å²) in [5, 5.41) is 0. The molecule has 1 fully saturated rings. The van der Waals surface area contributed by atoms with E-state index in [2.05, 4.69) is 27.0 Å². The van der Waals surface area contributed by atoms with E-state index in [1.54, 1.807) is 19.5 Å². The fourth-order valence-electron chi connectivity index (χ4n) is 3.35. The largest absolute Gasteiger partial charge is 0.383 e. The Morgan fingerprint density at radius 2 is 2.00 bits per heavy atom. The molecule has 0 saturated carbocycles. The number of hydrogen-bond donors (Lipinski definition) is 0. The summed E-state index contributed by atoms with van der Waals surface area (Å²) in [6.45, 7) is 3.31. The molecule has 1 saturated heterocycles. The number of carbonyl (C=O) groups is 1. The standard InChI is InChI=1S/C20H26N4O2/c1-26-14-13-23(15-17-7-3-2-4-8-17)19(25)18-9-5-12-24(16-18)20-21-10-6-11-22-20/h2-4,6-8,10-11,18H,5,9,12-16H2,1H3. The molecule has 6 heteroatoms. The van der Waals surface area contributed by atoms with Crippen LogP contribution in [0.1, 0.15) is 18.4 Å². The molecule has 0 aliphatic carbocycles. The zero-order valence-corrected chi connectivity index (χ0v) is 15.3. The van der Waals surface area contributed by atoms with E-state index in [9.17, 15) is 4.79 Å². The maximum Gasteiger partial charge on any atom is 0.227 e. The average molecular weight is 354 g/mol. The highest BCUT2D eigenvalue weighted by Gasteiger charge is 2.30. The van der Waals surface area contributed by atoms with E-state index in [1.165, 1.54) is 0 Å². The third kappa shape index (κ3) is 4.79. The molecule has 1 amide bonds. The van der Waals surface area contributed by atoms with Crippen LogP contribution in [0.3, 0.4) is 0 Å². The summed E-state index contributed by atoms with van der Waals surface area (Å²) in [4.78, 5) is 25.9. The Bertz CT molecular complexity index is 681. The van der Waals surface area contributed by atoms with Crippen molar-refractivity contribution in [2.24, 2.45) is 5.92 Å². The zero-order chi connectivity index (χ0) is 18.2. The van der Waals surface area contributed by atoms with E-state index < -0.39 is 0 Å². The van der Waals surface area contributed by atoms with Crippen LogP contribution in [0.4, 0.5) is 5.95 Å². The van der Waals surface area contributed by atoms with Gasteiger partial charge < -0.3 is 14.5 Å². The smallest absolute Gasteiger partial charge is 0.227 e. The van der Waals surface area contributed by atoms with Gasteiger partial charge in [-0.3, -0.25) is 4.79 Å². The summed E-state index contributed by atoms with van der Waals surface area (Å²) < 4.78 is 5.21. The van der Waals surface area contributed by atoms with Gasteiger partial charge in [0.2, 0.25) is 11.9 Å². The lowest BCUT2D eigenvalue weighted by molar-refractivity contribution is -0.137. The van der Waals surface area contributed by atoms with Gasteiger partial charge in [-0.25, -0.2) is 9.97 Å². The lowest BCUT2D eigenvalue weighted by Gasteiger charge is -2.35. The van der Waals surface area contributed by atoms with Crippen LogP contribution in [0.25, 0.3) is 0 Å². The van der Waals surface area contributed by atoms with Gasteiger partial charge in [-0.15, -0.1) is 0 Å². The summed E-state index contributed by atoms with van der Waals surface area (Å²) in [5.41, 5.74) is 1.14. The number of amides is 1. The minimum absolute atomic E-state index is 0.0341. The Labute approximate surface area is 154 Å². The van der Waals surface area contributed by atoms with Crippen LogP contribution >= 0.6 is 0 Å². The normalized spacial score (nSPS) is 17.1. The van der Waals surface area contributed by atoms with Gasteiger partial charge in [0, 0.05) is 45.7 Å². The molecule has 0 N–H and O–H groups in total. The zero-order valence-electron chi connectivity index (χ0n) is 15.3. The monoisotopic (exact) mass is 354 g/mol. The van der Waals surface area contributed by atoms with Gasteiger partial charge in [0.05, 0.1) is 12.5 Å². The van der Waals surface area contributed by atoms with Crippen LogP contribution in [-0.4, -0.2) is 54.1 Å². The van der Waals surface area contributed by atoms with Crippen molar-refractivity contribution in [2.45, 2.75) is 19.4 Å². The Morgan fingerprint density at radius 3 is 2.73 bits per heavy atom. The Balaban J connectivity index is 1.68. The number of nitrogens with zero attached hydrogens (tertiary/aromatic N) is 4. The van der Waals surface area contributed by atoms with Crippen LogP contribution in [-0.2, 0) is 16.1 Å². The average Bonchev–Trinajstić information content (AvgIpc) is 2.72. The van der Waals surface area contributed by atoms with Crippen LogP contribution in [0.15, 0.2) is 48.8 Å². The first-order valence-corrected chi connectivity index (χ1v) is 9.11. The molecule has 2 aromatic rings. The molecule has 1 atom stereocenters. The molecule has 26 heavy (non-hydrogen) atoms. The second-order valence-electron chi connectivity index (χ2n) is 6.57. The predicted octanol–water partition coefficient (Wildman–Crippen LogP) is 2.37.